The summed E-state index contributed by atoms with van der Waals surface area (Å²) in [6.45, 7) is 4.47. The fourth-order valence-corrected chi connectivity index (χ4v) is 3.62. The number of anilines is 1. The third kappa shape index (κ3) is 2.56. The smallest absolute Gasteiger partial charge is 0.261 e. The molecule has 1 aromatic heterocycles. The van der Waals surface area contributed by atoms with E-state index in [1.165, 1.54) is 0 Å². The van der Waals surface area contributed by atoms with Crippen molar-refractivity contribution in [1.29, 1.82) is 0 Å². The Bertz CT molecular complexity index is 1070. The molecule has 1 amide bonds. The zero-order valence-corrected chi connectivity index (χ0v) is 14.8. The molecule has 0 radical (unpaired) electrons. The van der Waals surface area contributed by atoms with E-state index in [1.807, 2.05) is 35.8 Å². The molecule has 1 aliphatic rings. The molecule has 0 fully saturated rings. The Balaban J connectivity index is 1.78. The number of ether oxygens (including phenoxy) is 1. The first-order valence-electron chi connectivity index (χ1n) is 8.80. The van der Waals surface area contributed by atoms with Crippen LogP contribution in [0.1, 0.15) is 35.8 Å². The molecule has 1 N–H and O–H groups in total. The summed E-state index contributed by atoms with van der Waals surface area (Å²) in [5, 5.41) is 3.42. The van der Waals surface area contributed by atoms with Crippen LogP contribution >= 0.6 is 0 Å². The Morgan fingerprint density at radius 3 is 2.85 bits per heavy atom. The molecule has 0 bridgehead atoms. The van der Waals surface area contributed by atoms with E-state index < -0.39 is 5.91 Å². The van der Waals surface area contributed by atoms with Crippen LogP contribution < -0.4 is 15.5 Å². The zero-order valence-electron chi connectivity index (χ0n) is 14.8. The molecule has 0 unspecified atom stereocenters. The molecule has 26 heavy (non-hydrogen) atoms. The number of nitrogens with zero attached hydrogens (tertiary/aromatic N) is 1. The number of nitrogens with one attached hydrogen (secondary N) is 1. The monoisotopic (exact) mass is 348 g/mol. The first-order valence-corrected chi connectivity index (χ1v) is 8.80. The minimum absolute atomic E-state index is 0.148. The third-order valence-electron chi connectivity index (χ3n) is 4.81. The van der Waals surface area contributed by atoms with Gasteiger partial charge in [0.05, 0.1) is 17.8 Å². The first kappa shape index (κ1) is 16.4. The van der Waals surface area contributed by atoms with Crippen molar-refractivity contribution in [3.63, 3.8) is 0 Å². The maximum absolute atomic E-state index is 12.9. The number of carbonyl (C=O) groups is 1. The molecule has 1 atom stereocenters. The Hall–Kier alpha value is -3.08. The predicted octanol–water partition coefficient (Wildman–Crippen LogP) is 3.77. The van der Waals surface area contributed by atoms with Crippen LogP contribution in [0.4, 0.5) is 5.69 Å². The van der Waals surface area contributed by atoms with Crippen molar-refractivity contribution in [2.75, 3.05) is 11.9 Å². The lowest BCUT2D eigenvalue weighted by atomic mass is 10.1. The predicted molar refractivity (Wildman–Crippen MR) is 102 cm³/mol. The number of carbonyl (C=O) groups excluding carboxylic acids is 1. The van der Waals surface area contributed by atoms with Gasteiger partial charge in [0.1, 0.15) is 11.3 Å². The number of rotatable bonds is 4. The molecule has 5 heteroatoms. The highest BCUT2D eigenvalue weighted by Crippen LogP contribution is 2.31. The van der Waals surface area contributed by atoms with Gasteiger partial charge in [-0.2, -0.15) is 0 Å². The lowest BCUT2D eigenvalue weighted by molar-refractivity contribution is 0.102. The summed E-state index contributed by atoms with van der Waals surface area (Å²) < 4.78 is 7.58. The van der Waals surface area contributed by atoms with Crippen LogP contribution in [0.25, 0.3) is 10.9 Å². The van der Waals surface area contributed by atoms with E-state index in [2.05, 4.69) is 12.2 Å². The van der Waals surface area contributed by atoms with Crippen LogP contribution in [0.3, 0.4) is 0 Å². The Kier molecular flexibility index (Phi) is 3.99. The van der Waals surface area contributed by atoms with Gasteiger partial charge in [-0.3, -0.25) is 9.59 Å². The number of para-hydroxylation sites is 3. The van der Waals surface area contributed by atoms with Gasteiger partial charge in [0.15, 0.2) is 0 Å². The van der Waals surface area contributed by atoms with Crippen molar-refractivity contribution >= 4 is 22.5 Å². The van der Waals surface area contributed by atoms with Gasteiger partial charge in [-0.15, -0.1) is 0 Å². The highest BCUT2D eigenvalue weighted by Gasteiger charge is 2.24. The van der Waals surface area contributed by atoms with Crippen molar-refractivity contribution in [3.05, 3.63) is 70.0 Å². The number of hydrogen-bond donors (Lipinski definition) is 1. The molecule has 0 aliphatic carbocycles. The molecule has 4 rings (SSSR count). The Morgan fingerprint density at radius 2 is 2.04 bits per heavy atom. The molecule has 0 spiro atoms. The Morgan fingerprint density at radius 1 is 1.23 bits per heavy atom. The largest absolute Gasteiger partial charge is 0.492 e. The lowest BCUT2D eigenvalue weighted by Gasteiger charge is -2.14. The zero-order chi connectivity index (χ0) is 18.3. The molecule has 3 aromatic rings. The number of aromatic nitrogens is 1. The summed E-state index contributed by atoms with van der Waals surface area (Å²) in [5.41, 5.74) is 2.56. The van der Waals surface area contributed by atoms with E-state index in [1.54, 1.807) is 24.4 Å². The minimum atomic E-state index is -0.419. The fourth-order valence-electron chi connectivity index (χ4n) is 3.62. The van der Waals surface area contributed by atoms with E-state index in [4.69, 9.17) is 4.74 Å². The van der Waals surface area contributed by atoms with Crippen LogP contribution in [0.2, 0.25) is 0 Å². The van der Waals surface area contributed by atoms with Gasteiger partial charge in [0.25, 0.3) is 5.91 Å². The average molecular weight is 348 g/mol. The van der Waals surface area contributed by atoms with Gasteiger partial charge < -0.3 is 14.6 Å². The van der Waals surface area contributed by atoms with Crippen molar-refractivity contribution < 1.29 is 9.53 Å². The summed E-state index contributed by atoms with van der Waals surface area (Å²) in [7, 11) is 0. The standard InChI is InChI=1S/C21H20N2O3/c1-3-26-18-10-5-4-9-17(18)22-21(25)16-12-23-13(2)11-14-7-6-8-15(19(14)23)20(16)24/h4-10,12-13H,3,11H2,1-2H3,(H,22,25)/t13-/m1/s1. The molecule has 132 valence electrons. The first-order chi connectivity index (χ1) is 12.6. The van der Waals surface area contributed by atoms with Crippen LogP contribution in [-0.4, -0.2) is 17.1 Å². The maximum atomic E-state index is 12.9. The second-order valence-electron chi connectivity index (χ2n) is 6.53. The summed E-state index contributed by atoms with van der Waals surface area (Å²) >= 11 is 0. The molecule has 0 saturated heterocycles. The summed E-state index contributed by atoms with van der Waals surface area (Å²) in [5.74, 6) is 0.168. The molecule has 5 nitrogen and oxygen atoms in total. The normalized spacial score (nSPS) is 15.2. The molecule has 2 aromatic carbocycles. The van der Waals surface area contributed by atoms with E-state index in [9.17, 15) is 9.59 Å². The van der Waals surface area contributed by atoms with Gasteiger partial charge in [-0.1, -0.05) is 24.3 Å². The fraction of sp³-hybridized carbons (Fsp3) is 0.238. The number of amides is 1. The quantitative estimate of drug-likeness (QED) is 0.781. The van der Waals surface area contributed by atoms with E-state index >= 15 is 0 Å². The second kappa shape index (κ2) is 6.33. The van der Waals surface area contributed by atoms with Crippen molar-refractivity contribution in [2.24, 2.45) is 0 Å². The van der Waals surface area contributed by atoms with Crippen LogP contribution in [0.15, 0.2) is 53.5 Å². The Labute approximate surface area is 151 Å². The number of pyridine rings is 1. The number of benzene rings is 2. The number of hydrogen-bond acceptors (Lipinski definition) is 3. The van der Waals surface area contributed by atoms with Crippen LogP contribution in [-0.2, 0) is 6.42 Å². The van der Waals surface area contributed by atoms with Crippen LogP contribution in [0.5, 0.6) is 5.75 Å². The van der Waals surface area contributed by atoms with E-state index in [-0.39, 0.29) is 17.0 Å². The molecular weight excluding hydrogens is 328 g/mol. The van der Waals surface area contributed by atoms with Gasteiger partial charge in [-0.25, -0.2) is 0 Å². The summed E-state index contributed by atoms with van der Waals surface area (Å²) in [4.78, 5) is 25.8. The highest BCUT2D eigenvalue weighted by atomic mass is 16.5. The van der Waals surface area contributed by atoms with Crippen molar-refractivity contribution in [1.82, 2.24) is 4.57 Å². The molecule has 2 heterocycles. The van der Waals surface area contributed by atoms with Gasteiger partial charge in [0, 0.05) is 17.6 Å². The van der Waals surface area contributed by atoms with Crippen LogP contribution in [0, 0.1) is 0 Å². The van der Waals surface area contributed by atoms with E-state index in [0.717, 1.165) is 17.5 Å². The SMILES string of the molecule is CCOc1ccccc1NC(=O)c1cn2c3c(cccc3c1=O)C[C@H]2C. The van der Waals surface area contributed by atoms with Gasteiger partial charge >= 0.3 is 0 Å². The van der Waals surface area contributed by atoms with Gasteiger partial charge in [-0.05, 0) is 44.0 Å². The summed E-state index contributed by atoms with van der Waals surface area (Å²) in [6.07, 6.45) is 2.56. The minimum Gasteiger partial charge on any atom is -0.492 e. The van der Waals surface area contributed by atoms with E-state index in [0.29, 0.717) is 23.4 Å². The van der Waals surface area contributed by atoms with Crippen molar-refractivity contribution in [2.45, 2.75) is 26.3 Å². The maximum Gasteiger partial charge on any atom is 0.261 e. The average Bonchev–Trinajstić information content (AvgIpc) is 2.96. The van der Waals surface area contributed by atoms with Crippen molar-refractivity contribution in [3.8, 4) is 5.75 Å². The molecule has 0 saturated carbocycles. The highest BCUT2D eigenvalue weighted by molar-refractivity contribution is 6.06. The topological polar surface area (TPSA) is 60.3 Å². The molecular formula is C21H20N2O3. The lowest BCUT2D eigenvalue weighted by Crippen LogP contribution is -2.24. The third-order valence-corrected chi connectivity index (χ3v) is 4.81. The summed E-state index contributed by atoms with van der Waals surface area (Å²) in [6, 6.07) is 13.2. The molecule has 1 aliphatic heterocycles. The van der Waals surface area contributed by atoms with Gasteiger partial charge in [0.2, 0.25) is 5.43 Å². The second-order valence-corrected chi connectivity index (χ2v) is 6.53.